The topological polar surface area (TPSA) is 130 Å². The third-order valence-electron chi connectivity index (χ3n) is 3.25. The molecule has 0 amide bonds. The van der Waals surface area contributed by atoms with Crippen LogP contribution < -0.4 is 16.5 Å². The molecule has 0 bridgehead atoms. The van der Waals surface area contributed by atoms with Crippen LogP contribution in [0.1, 0.15) is 17.0 Å². The summed E-state index contributed by atoms with van der Waals surface area (Å²) in [6.07, 6.45) is -3.11. The van der Waals surface area contributed by atoms with Crippen LogP contribution in [0, 0.1) is 0 Å². The van der Waals surface area contributed by atoms with Crippen molar-refractivity contribution < 1.29 is 23.1 Å². The number of ether oxygens (including phenoxy) is 1. The van der Waals surface area contributed by atoms with Gasteiger partial charge in [0.2, 0.25) is 0 Å². The summed E-state index contributed by atoms with van der Waals surface area (Å²) < 4.78 is 43.1. The highest BCUT2D eigenvalue weighted by atomic mass is 19.4. The van der Waals surface area contributed by atoms with Crippen LogP contribution in [-0.4, -0.2) is 33.3 Å². The highest BCUT2D eigenvalue weighted by molar-refractivity contribution is 5.95. The van der Waals surface area contributed by atoms with E-state index < -0.39 is 18.1 Å². The number of oxime groups is 1. The number of halogens is 3. The maximum absolute atomic E-state index is 12.5. The second-order valence-electron chi connectivity index (χ2n) is 5.04. The van der Waals surface area contributed by atoms with Gasteiger partial charge in [-0.2, -0.15) is 13.2 Å². The van der Waals surface area contributed by atoms with Gasteiger partial charge in [-0.25, -0.2) is 0 Å². The number of hydrazone groups is 1. The van der Waals surface area contributed by atoms with Gasteiger partial charge < -0.3 is 21.0 Å². The zero-order chi connectivity index (χ0) is 18.7. The predicted molar refractivity (Wildman–Crippen MR) is 84.2 cm³/mol. The Bertz CT molecular complexity index is 835. The van der Waals surface area contributed by atoms with Gasteiger partial charge in [-0.1, -0.05) is 5.16 Å². The molecule has 0 aliphatic carbocycles. The third-order valence-corrected chi connectivity index (χ3v) is 3.25. The maximum Gasteiger partial charge on any atom is 0.417 e. The molecule has 1 atom stereocenters. The lowest BCUT2D eigenvalue weighted by Crippen LogP contribution is -2.31. The lowest BCUT2D eigenvalue weighted by Gasteiger charge is -2.14. The largest absolute Gasteiger partial charge is 0.431 e. The number of rotatable bonds is 4. The normalized spacial score (nSPS) is 17.3. The average Bonchev–Trinajstić information content (AvgIpc) is 3.09. The number of hydrogen-bond acceptors (Lipinski definition) is 8. The summed E-state index contributed by atoms with van der Waals surface area (Å²) in [5.41, 5.74) is 8.14. The number of aromatic nitrogens is 2. The van der Waals surface area contributed by atoms with Crippen molar-refractivity contribution in [1.29, 1.82) is 0 Å². The number of amidine groups is 1. The molecule has 0 radical (unpaired) electrons. The summed E-state index contributed by atoms with van der Waals surface area (Å²) in [7, 11) is 0. The molecular weight excluding hydrogens is 355 g/mol. The fourth-order valence-electron chi connectivity index (χ4n) is 1.98. The van der Waals surface area contributed by atoms with Crippen molar-refractivity contribution in [3.05, 3.63) is 53.6 Å². The van der Waals surface area contributed by atoms with Crippen molar-refractivity contribution in [1.82, 2.24) is 15.4 Å². The summed E-state index contributed by atoms with van der Waals surface area (Å²) in [5, 5.41) is 18.2. The van der Waals surface area contributed by atoms with Gasteiger partial charge >= 0.3 is 6.18 Å². The number of nitrogens with zero attached hydrogens (tertiary/aromatic N) is 4. The summed E-state index contributed by atoms with van der Waals surface area (Å²) in [6.45, 7) is 0. The zero-order valence-corrected chi connectivity index (χ0v) is 12.9. The molecule has 0 fully saturated rings. The van der Waals surface area contributed by atoms with Gasteiger partial charge in [-0.3, -0.25) is 15.4 Å². The van der Waals surface area contributed by atoms with Gasteiger partial charge in [0, 0.05) is 6.20 Å². The van der Waals surface area contributed by atoms with Crippen molar-refractivity contribution in [2.75, 3.05) is 5.32 Å². The molecule has 9 nitrogen and oxygen atoms in total. The summed E-state index contributed by atoms with van der Waals surface area (Å²) in [4.78, 5) is 7.69. The van der Waals surface area contributed by atoms with Crippen molar-refractivity contribution in [3.8, 4) is 0 Å². The zero-order valence-electron chi connectivity index (χ0n) is 12.9. The van der Waals surface area contributed by atoms with E-state index in [2.05, 4.69) is 31.0 Å². The lowest BCUT2D eigenvalue weighted by atomic mass is 10.2. The van der Waals surface area contributed by atoms with E-state index in [0.717, 1.165) is 6.07 Å². The van der Waals surface area contributed by atoms with Gasteiger partial charge in [0.25, 0.3) is 12.2 Å². The van der Waals surface area contributed by atoms with Gasteiger partial charge in [-0.15, -0.1) is 5.10 Å². The quantitative estimate of drug-likeness (QED) is 0.277. The molecule has 5 N–H and O–H groups in total. The molecule has 2 aromatic rings. The minimum atomic E-state index is -4.46. The molecule has 3 rings (SSSR count). The van der Waals surface area contributed by atoms with Gasteiger partial charge in [-0.05, 0) is 24.3 Å². The van der Waals surface area contributed by atoms with Crippen LogP contribution in [0.4, 0.5) is 18.9 Å². The number of nitrogens with two attached hydrogens (primary N) is 1. The number of nitrogens with one attached hydrogen (secondary N) is 2. The molecule has 2 aromatic heterocycles. The standard InChI is InChI=1S/C14H12F3N7O2/c15-14(16,17)7-1-3-10(19-5-7)12-22-23-13(26-12)21-8-2-4-9(20-6-8)11(18)24-25/h1-6,13,21,23,25H,(H2,18,24). The Kier molecular flexibility index (Phi) is 4.47. The number of anilines is 1. The Labute approximate surface area is 144 Å². The molecule has 0 saturated carbocycles. The van der Waals surface area contributed by atoms with Gasteiger partial charge in [0.15, 0.2) is 5.84 Å². The van der Waals surface area contributed by atoms with Crippen LogP contribution >= 0.6 is 0 Å². The van der Waals surface area contributed by atoms with Gasteiger partial charge in [0.1, 0.15) is 11.4 Å². The molecule has 1 aliphatic rings. The molecule has 0 spiro atoms. The number of alkyl halides is 3. The Morgan fingerprint density at radius 1 is 1.23 bits per heavy atom. The second-order valence-corrected chi connectivity index (χ2v) is 5.04. The maximum atomic E-state index is 12.5. The summed E-state index contributed by atoms with van der Waals surface area (Å²) >= 11 is 0. The third kappa shape index (κ3) is 3.74. The van der Waals surface area contributed by atoms with Crippen LogP contribution in [0.5, 0.6) is 0 Å². The summed E-state index contributed by atoms with van der Waals surface area (Å²) in [6, 6.07) is 5.19. The Balaban J connectivity index is 1.61. The minimum Gasteiger partial charge on any atom is -0.431 e. The van der Waals surface area contributed by atoms with Crippen molar-refractivity contribution in [3.63, 3.8) is 0 Å². The SMILES string of the molecule is N/C(=N/O)c1ccc(NC2NN=C(c3ccc(C(F)(F)F)cn3)O2)cn1. The highest BCUT2D eigenvalue weighted by Crippen LogP contribution is 2.28. The fourth-order valence-corrected chi connectivity index (χ4v) is 1.98. The lowest BCUT2D eigenvalue weighted by molar-refractivity contribution is -0.137. The van der Waals surface area contributed by atoms with Crippen LogP contribution in [0.2, 0.25) is 0 Å². The van der Waals surface area contributed by atoms with Crippen LogP contribution in [0.15, 0.2) is 46.9 Å². The van der Waals surface area contributed by atoms with E-state index in [1.54, 1.807) is 6.07 Å². The Hall–Kier alpha value is -3.57. The predicted octanol–water partition coefficient (Wildman–Crippen LogP) is 1.27. The first-order chi connectivity index (χ1) is 12.4. The second kappa shape index (κ2) is 6.74. The van der Waals surface area contributed by atoms with Crippen molar-refractivity contribution in [2.24, 2.45) is 16.0 Å². The van der Waals surface area contributed by atoms with Crippen molar-refractivity contribution >= 4 is 17.4 Å². The number of pyridine rings is 2. The van der Waals surface area contributed by atoms with E-state index >= 15 is 0 Å². The van der Waals surface area contributed by atoms with E-state index in [1.165, 1.54) is 18.3 Å². The Morgan fingerprint density at radius 3 is 2.62 bits per heavy atom. The van der Waals surface area contributed by atoms with Crippen molar-refractivity contribution in [2.45, 2.75) is 12.5 Å². The molecule has 1 aliphatic heterocycles. The molecule has 1 unspecified atom stereocenters. The fraction of sp³-hybridized carbons (Fsp3) is 0.143. The molecule has 3 heterocycles. The molecule has 136 valence electrons. The average molecular weight is 367 g/mol. The van der Waals surface area contributed by atoms with Gasteiger partial charge in [0.05, 0.1) is 17.4 Å². The smallest absolute Gasteiger partial charge is 0.417 e. The molecular formula is C14H12F3N7O2. The van der Waals surface area contributed by atoms with Crippen LogP contribution in [0.3, 0.4) is 0 Å². The molecule has 0 aromatic carbocycles. The highest BCUT2D eigenvalue weighted by Gasteiger charge is 2.31. The van der Waals surface area contributed by atoms with E-state index in [9.17, 15) is 13.2 Å². The number of hydrogen-bond donors (Lipinski definition) is 4. The molecule has 0 saturated heterocycles. The van der Waals surface area contributed by atoms with E-state index in [4.69, 9.17) is 15.7 Å². The first-order valence-corrected chi connectivity index (χ1v) is 7.11. The monoisotopic (exact) mass is 367 g/mol. The molecule has 12 heteroatoms. The van der Waals surface area contributed by atoms with Crippen LogP contribution in [0.25, 0.3) is 0 Å². The first kappa shape index (κ1) is 17.3. The van der Waals surface area contributed by atoms with Crippen LogP contribution in [-0.2, 0) is 10.9 Å². The summed E-state index contributed by atoms with van der Waals surface area (Å²) in [5.74, 6) is -0.0942. The van der Waals surface area contributed by atoms with E-state index in [1.807, 2.05) is 0 Å². The minimum absolute atomic E-state index is 0.0393. The first-order valence-electron chi connectivity index (χ1n) is 7.11. The molecule has 26 heavy (non-hydrogen) atoms. The van der Waals surface area contributed by atoms with E-state index in [0.29, 0.717) is 11.9 Å². The Morgan fingerprint density at radius 2 is 2.04 bits per heavy atom. The van der Waals surface area contributed by atoms with E-state index in [-0.39, 0.29) is 23.1 Å².